The maximum Gasteiger partial charge on any atom is 0.0166 e. The highest BCUT2D eigenvalue weighted by Gasteiger charge is 2.27. The first kappa shape index (κ1) is 12.7. The summed E-state index contributed by atoms with van der Waals surface area (Å²) in [5.41, 5.74) is 0. The molecule has 1 aliphatic heterocycles. The lowest BCUT2D eigenvalue weighted by Crippen LogP contribution is -2.44. The van der Waals surface area contributed by atoms with Crippen molar-refractivity contribution >= 4 is 11.8 Å². The summed E-state index contributed by atoms with van der Waals surface area (Å²) in [4.78, 5) is 2.76. The quantitative estimate of drug-likeness (QED) is 0.800. The molecule has 1 saturated carbocycles. The molecule has 2 aliphatic rings. The van der Waals surface area contributed by atoms with Crippen molar-refractivity contribution in [3.8, 4) is 0 Å². The van der Waals surface area contributed by atoms with Gasteiger partial charge in [-0.3, -0.25) is 4.90 Å². The van der Waals surface area contributed by atoms with Gasteiger partial charge in [-0.1, -0.05) is 6.42 Å². The van der Waals surface area contributed by atoms with Gasteiger partial charge < -0.3 is 5.32 Å². The van der Waals surface area contributed by atoms with Gasteiger partial charge in [-0.05, 0) is 52.0 Å². The molecule has 0 aromatic rings. The van der Waals surface area contributed by atoms with Crippen molar-refractivity contribution < 1.29 is 0 Å². The van der Waals surface area contributed by atoms with Gasteiger partial charge in [-0.2, -0.15) is 11.8 Å². The minimum Gasteiger partial charge on any atom is -0.313 e. The minimum absolute atomic E-state index is 0.678. The molecule has 1 aliphatic carbocycles. The van der Waals surface area contributed by atoms with Gasteiger partial charge in [0.25, 0.3) is 0 Å². The SMILES string of the molecule is CSC1CCCC(N2CCCNC(C)C2)C1. The van der Waals surface area contributed by atoms with E-state index in [0.717, 1.165) is 11.3 Å². The molecule has 0 amide bonds. The molecule has 0 aromatic carbocycles. The molecule has 0 radical (unpaired) electrons. The smallest absolute Gasteiger partial charge is 0.0166 e. The van der Waals surface area contributed by atoms with E-state index >= 15 is 0 Å². The summed E-state index contributed by atoms with van der Waals surface area (Å²) in [7, 11) is 0. The van der Waals surface area contributed by atoms with E-state index < -0.39 is 0 Å². The Morgan fingerprint density at radius 2 is 2.12 bits per heavy atom. The summed E-state index contributed by atoms with van der Waals surface area (Å²) in [6, 6.07) is 1.55. The van der Waals surface area contributed by atoms with Crippen LogP contribution in [0.5, 0.6) is 0 Å². The minimum atomic E-state index is 0.678. The highest BCUT2D eigenvalue weighted by molar-refractivity contribution is 7.99. The fourth-order valence-corrected chi connectivity index (χ4v) is 3.95. The normalized spacial score (nSPS) is 38.2. The standard InChI is InChI=1S/C13H26N2S/c1-11-10-15(8-4-7-14-11)12-5-3-6-13(9-12)16-2/h11-14H,3-10H2,1-2H3. The lowest BCUT2D eigenvalue weighted by Gasteiger charge is -2.37. The Hall–Kier alpha value is 0.270. The van der Waals surface area contributed by atoms with Gasteiger partial charge >= 0.3 is 0 Å². The Bertz CT molecular complexity index is 210. The fraction of sp³-hybridized carbons (Fsp3) is 1.00. The molecule has 2 nitrogen and oxygen atoms in total. The molecular weight excluding hydrogens is 216 g/mol. The third kappa shape index (κ3) is 3.38. The number of rotatable bonds is 2. The second kappa shape index (κ2) is 6.27. The van der Waals surface area contributed by atoms with E-state index in [1.807, 2.05) is 0 Å². The van der Waals surface area contributed by atoms with Crippen molar-refractivity contribution in [1.82, 2.24) is 10.2 Å². The fourth-order valence-electron chi connectivity index (χ4n) is 3.14. The summed E-state index contributed by atoms with van der Waals surface area (Å²) in [5.74, 6) is 0. The largest absolute Gasteiger partial charge is 0.313 e. The molecule has 1 heterocycles. The van der Waals surface area contributed by atoms with Crippen molar-refractivity contribution in [2.45, 2.75) is 56.4 Å². The van der Waals surface area contributed by atoms with Crippen molar-refractivity contribution in [3.63, 3.8) is 0 Å². The van der Waals surface area contributed by atoms with Gasteiger partial charge in [0.1, 0.15) is 0 Å². The summed E-state index contributed by atoms with van der Waals surface area (Å²) in [5, 5.41) is 4.51. The summed E-state index contributed by atoms with van der Waals surface area (Å²) in [6.45, 7) is 6.10. The Labute approximate surface area is 105 Å². The van der Waals surface area contributed by atoms with Gasteiger partial charge in [-0.15, -0.1) is 0 Å². The van der Waals surface area contributed by atoms with E-state index in [1.165, 1.54) is 51.7 Å². The highest BCUT2D eigenvalue weighted by Crippen LogP contribution is 2.30. The Kier molecular flexibility index (Phi) is 4.98. The van der Waals surface area contributed by atoms with Crippen LogP contribution in [0.4, 0.5) is 0 Å². The van der Waals surface area contributed by atoms with Crippen LogP contribution >= 0.6 is 11.8 Å². The number of hydrogen-bond acceptors (Lipinski definition) is 3. The monoisotopic (exact) mass is 242 g/mol. The molecule has 3 unspecified atom stereocenters. The topological polar surface area (TPSA) is 15.3 Å². The summed E-state index contributed by atoms with van der Waals surface area (Å²) >= 11 is 2.08. The summed E-state index contributed by atoms with van der Waals surface area (Å²) < 4.78 is 0. The van der Waals surface area contributed by atoms with Crippen molar-refractivity contribution in [2.24, 2.45) is 0 Å². The molecule has 16 heavy (non-hydrogen) atoms. The zero-order chi connectivity index (χ0) is 11.4. The zero-order valence-electron chi connectivity index (χ0n) is 10.7. The van der Waals surface area contributed by atoms with Crippen LogP contribution in [0.25, 0.3) is 0 Å². The molecule has 94 valence electrons. The molecule has 1 saturated heterocycles. The average Bonchev–Trinajstić information content (AvgIpc) is 2.54. The van der Waals surface area contributed by atoms with Gasteiger partial charge in [0, 0.05) is 23.9 Å². The van der Waals surface area contributed by atoms with Crippen LogP contribution < -0.4 is 5.32 Å². The van der Waals surface area contributed by atoms with E-state index in [9.17, 15) is 0 Å². The van der Waals surface area contributed by atoms with Crippen LogP contribution in [0.3, 0.4) is 0 Å². The Balaban J connectivity index is 1.89. The van der Waals surface area contributed by atoms with E-state index in [1.54, 1.807) is 0 Å². The van der Waals surface area contributed by atoms with Crippen LogP contribution in [-0.2, 0) is 0 Å². The van der Waals surface area contributed by atoms with Crippen molar-refractivity contribution in [1.29, 1.82) is 0 Å². The lowest BCUT2D eigenvalue weighted by molar-refractivity contribution is 0.158. The second-order valence-electron chi connectivity index (χ2n) is 5.38. The van der Waals surface area contributed by atoms with E-state index in [4.69, 9.17) is 0 Å². The Morgan fingerprint density at radius 1 is 1.25 bits per heavy atom. The van der Waals surface area contributed by atoms with Gasteiger partial charge in [-0.25, -0.2) is 0 Å². The van der Waals surface area contributed by atoms with E-state index in [-0.39, 0.29) is 0 Å². The molecule has 1 N–H and O–H groups in total. The lowest BCUT2D eigenvalue weighted by atomic mass is 9.93. The van der Waals surface area contributed by atoms with Crippen LogP contribution in [0.2, 0.25) is 0 Å². The molecule has 2 fully saturated rings. The first-order valence-electron chi connectivity index (χ1n) is 6.80. The van der Waals surface area contributed by atoms with E-state index in [2.05, 4.69) is 35.2 Å². The third-order valence-corrected chi connectivity index (χ3v) is 5.17. The number of hydrogen-bond donors (Lipinski definition) is 1. The predicted octanol–water partition coefficient (Wildman–Crippen LogP) is 2.34. The zero-order valence-corrected chi connectivity index (χ0v) is 11.6. The molecule has 3 atom stereocenters. The van der Waals surface area contributed by atoms with Crippen LogP contribution in [0, 0.1) is 0 Å². The second-order valence-corrected chi connectivity index (χ2v) is 6.52. The number of nitrogens with one attached hydrogen (secondary N) is 1. The van der Waals surface area contributed by atoms with Gasteiger partial charge in [0.2, 0.25) is 0 Å². The van der Waals surface area contributed by atoms with Crippen LogP contribution in [0.15, 0.2) is 0 Å². The highest BCUT2D eigenvalue weighted by atomic mass is 32.2. The predicted molar refractivity (Wildman–Crippen MR) is 73.2 cm³/mol. The molecule has 0 bridgehead atoms. The van der Waals surface area contributed by atoms with Gasteiger partial charge in [0.05, 0.1) is 0 Å². The van der Waals surface area contributed by atoms with E-state index in [0.29, 0.717) is 6.04 Å². The molecule has 0 aromatic heterocycles. The molecule has 3 heteroatoms. The van der Waals surface area contributed by atoms with Crippen molar-refractivity contribution in [2.75, 3.05) is 25.9 Å². The maximum atomic E-state index is 3.59. The van der Waals surface area contributed by atoms with Crippen LogP contribution in [-0.4, -0.2) is 48.1 Å². The number of nitrogens with zero attached hydrogens (tertiary/aromatic N) is 1. The Morgan fingerprint density at radius 3 is 2.94 bits per heavy atom. The molecule has 0 spiro atoms. The molecule has 2 rings (SSSR count). The maximum absolute atomic E-state index is 3.59. The first-order valence-corrected chi connectivity index (χ1v) is 8.08. The number of thioether (sulfide) groups is 1. The van der Waals surface area contributed by atoms with Gasteiger partial charge in [0.15, 0.2) is 0 Å². The average molecular weight is 242 g/mol. The first-order chi connectivity index (χ1) is 7.79. The molecular formula is C13H26N2S. The van der Waals surface area contributed by atoms with Crippen molar-refractivity contribution in [3.05, 3.63) is 0 Å². The van der Waals surface area contributed by atoms with Crippen LogP contribution in [0.1, 0.15) is 39.0 Å². The summed E-state index contributed by atoms with van der Waals surface area (Å²) in [6.07, 6.45) is 9.34. The third-order valence-electron chi connectivity index (χ3n) is 4.07.